The molecule has 7 nitrogen and oxygen atoms in total. The lowest BCUT2D eigenvalue weighted by atomic mass is 10.2. The van der Waals surface area contributed by atoms with Crippen molar-refractivity contribution in [2.45, 2.75) is 30.8 Å². The van der Waals surface area contributed by atoms with Gasteiger partial charge in [-0.05, 0) is 26.0 Å². The highest BCUT2D eigenvalue weighted by Gasteiger charge is 2.17. The third-order valence-corrected chi connectivity index (χ3v) is 4.46. The third-order valence-electron chi connectivity index (χ3n) is 3.52. The Bertz CT molecular complexity index is 906. The maximum absolute atomic E-state index is 12.9. The number of benzene rings is 1. The summed E-state index contributed by atoms with van der Waals surface area (Å²) in [5.74, 6) is 1.54. The van der Waals surface area contributed by atoms with E-state index in [1.165, 1.54) is 11.8 Å². The molecule has 2 heterocycles. The first-order valence-corrected chi connectivity index (χ1v) is 8.51. The Morgan fingerprint density at radius 3 is 2.83 bits per heavy atom. The van der Waals surface area contributed by atoms with Gasteiger partial charge < -0.3 is 9.26 Å². The summed E-state index contributed by atoms with van der Waals surface area (Å²) in [7, 11) is 1.62. The molecule has 24 heavy (non-hydrogen) atoms. The number of ether oxygens (including phenoxy) is 1. The molecule has 0 N–H and O–H groups in total. The SMILES string of the molecule is COCC(C)n1c(SCc2nc(C)no2)nc2ccccc2c1=O. The van der Waals surface area contributed by atoms with E-state index in [1.807, 2.05) is 25.1 Å². The fraction of sp³-hybridized carbons (Fsp3) is 0.375. The number of rotatable bonds is 6. The molecule has 3 rings (SSSR count). The Balaban J connectivity index is 2.03. The van der Waals surface area contributed by atoms with Crippen LogP contribution in [-0.4, -0.2) is 33.4 Å². The highest BCUT2D eigenvalue weighted by atomic mass is 32.2. The zero-order chi connectivity index (χ0) is 17.1. The molecule has 1 unspecified atom stereocenters. The van der Waals surface area contributed by atoms with E-state index in [-0.39, 0.29) is 11.6 Å². The first-order chi connectivity index (χ1) is 11.6. The van der Waals surface area contributed by atoms with Crippen LogP contribution in [0.25, 0.3) is 10.9 Å². The van der Waals surface area contributed by atoms with E-state index in [4.69, 9.17) is 9.26 Å². The van der Waals surface area contributed by atoms with Crippen LogP contribution < -0.4 is 5.56 Å². The third kappa shape index (κ3) is 3.34. The van der Waals surface area contributed by atoms with Crippen LogP contribution in [-0.2, 0) is 10.5 Å². The van der Waals surface area contributed by atoms with Crippen LogP contribution in [0.15, 0.2) is 38.7 Å². The monoisotopic (exact) mass is 346 g/mol. The molecule has 0 saturated carbocycles. The van der Waals surface area contributed by atoms with Gasteiger partial charge in [-0.3, -0.25) is 9.36 Å². The highest BCUT2D eigenvalue weighted by Crippen LogP contribution is 2.24. The minimum atomic E-state index is -0.133. The lowest BCUT2D eigenvalue weighted by Gasteiger charge is -2.18. The summed E-state index contributed by atoms with van der Waals surface area (Å²) in [5.41, 5.74) is 0.599. The van der Waals surface area contributed by atoms with Crippen LogP contribution >= 0.6 is 11.8 Å². The van der Waals surface area contributed by atoms with Crippen LogP contribution in [0.5, 0.6) is 0 Å². The van der Waals surface area contributed by atoms with Gasteiger partial charge in [-0.1, -0.05) is 29.1 Å². The number of para-hydroxylation sites is 1. The molecule has 0 spiro atoms. The molecule has 0 radical (unpaired) electrons. The van der Waals surface area contributed by atoms with Crippen LogP contribution in [0.3, 0.4) is 0 Å². The molecule has 0 aliphatic heterocycles. The molecule has 1 atom stereocenters. The topological polar surface area (TPSA) is 83.0 Å². The molecule has 126 valence electrons. The molecular weight excluding hydrogens is 328 g/mol. The van der Waals surface area contributed by atoms with Gasteiger partial charge in [0.05, 0.1) is 29.3 Å². The quantitative estimate of drug-likeness (QED) is 0.501. The van der Waals surface area contributed by atoms with Crippen LogP contribution in [0, 0.1) is 6.92 Å². The zero-order valence-electron chi connectivity index (χ0n) is 13.7. The van der Waals surface area contributed by atoms with Gasteiger partial charge in [-0.2, -0.15) is 4.98 Å². The van der Waals surface area contributed by atoms with Gasteiger partial charge >= 0.3 is 0 Å². The van der Waals surface area contributed by atoms with Gasteiger partial charge in [0.2, 0.25) is 5.89 Å². The highest BCUT2D eigenvalue weighted by molar-refractivity contribution is 7.98. The van der Waals surface area contributed by atoms with E-state index in [2.05, 4.69) is 15.1 Å². The molecule has 0 saturated heterocycles. The van der Waals surface area contributed by atoms with Gasteiger partial charge in [0.1, 0.15) is 0 Å². The molecule has 0 bridgehead atoms. The van der Waals surface area contributed by atoms with Crippen molar-refractivity contribution in [2.24, 2.45) is 0 Å². The normalized spacial score (nSPS) is 12.6. The average molecular weight is 346 g/mol. The molecule has 0 aliphatic rings. The maximum Gasteiger partial charge on any atom is 0.262 e. The van der Waals surface area contributed by atoms with E-state index in [0.717, 1.165) is 0 Å². The van der Waals surface area contributed by atoms with E-state index in [1.54, 1.807) is 24.7 Å². The van der Waals surface area contributed by atoms with E-state index in [0.29, 0.717) is 40.1 Å². The minimum Gasteiger partial charge on any atom is -0.383 e. The number of methoxy groups -OCH3 is 1. The minimum absolute atomic E-state index is 0.0747. The summed E-state index contributed by atoms with van der Waals surface area (Å²) in [6.07, 6.45) is 0. The summed E-state index contributed by atoms with van der Waals surface area (Å²) < 4.78 is 12.0. The Hall–Kier alpha value is -2.19. The number of hydrogen-bond donors (Lipinski definition) is 0. The number of hydrogen-bond acceptors (Lipinski definition) is 7. The molecule has 0 aliphatic carbocycles. The van der Waals surface area contributed by atoms with Crippen molar-refractivity contribution < 1.29 is 9.26 Å². The van der Waals surface area contributed by atoms with Crippen molar-refractivity contribution in [1.82, 2.24) is 19.7 Å². The van der Waals surface area contributed by atoms with Gasteiger partial charge in [0.25, 0.3) is 5.56 Å². The fourth-order valence-corrected chi connectivity index (χ4v) is 3.39. The number of fused-ring (bicyclic) bond motifs is 1. The Morgan fingerprint density at radius 1 is 1.33 bits per heavy atom. The molecule has 2 aromatic heterocycles. The van der Waals surface area contributed by atoms with Crippen molar-refractivity contribution in [3.8, 4) is 0 Å². The lowest BCUT2D eigenvalue weighted by molar-refractivity contribution is 0.156. The predicted molar refractivity (Wildman–Crippen MR) is 91.2 cm³/mol. The first-order valence-electron chi connectivity index (χ1n) is 7.52. The smallest absolute Gasteiger partial charge is 0.262 e. The van der Waals surface area contributed by atoms with E-state index in [9.17, 15) is 4.79 Å². The second kappa shape index (κ2) is 7.14. The summed E-state index contributed by atoms with van der Waals surface area (Å²) in [6, 6.07) is 7.20. The van der Waals surface area contributed by atoms with Crippen LogP contribution in [0.4, 0.5) is 0 Å². The summed E-state index contributed by atoms with van der Waals surface area (Å²) in [4.78, 5) is 21.7. The van der Waals surface area contributed by atoms with Crippen molar-refractivity contribution in [1.29, 1.82) is 0 Å². The summed E-state index contributed by atoms with van der Waals surface area (Å²) in [5, 5.41) is 4.98. The fourth-order valence-electron chi connectivity index (χ4n) is 2.46. The van der Waals surface area contributed by atoms with Crippen LogP contribution in [0.2, 0.25) is 0 Å². The maximum atomic E-state index is 12.9. The first kappa shape index (κ1) is 16.7. The molecule has 8 heteroatoms. The van der Waals surface area contributed by atoms with E-state index >= 15 is 0 Å². The Morgan fingerprint density at radius 2 is 2.12 bits per heavy atom. The lowest BCUT2D eigenvalue weighted by Crippen LogP contribution is -2.28. The van der Waals surface area contributed by atoms with Gasteiger partial charge in [0.15, 0.2) is 11.0 Å². The Labute approximate surface area is 143 Å². The predicted octanol–water partition coefficient (Wildman–Crippen LogP) is 2.59. The van der Waals surface area contributed by atoms with Gasteiger partial charge in [-0.15, -0.1) is 0 Å². The number of nitrogens with zero attached hydrogens (tertiary/aromatic N) is 4. The molecule has 1 aromatic carbocycles. The van der Waals surface area contributed by atoms with Crippen molar-refractivity contribution >= 4 is 22.7 Å². The molecule has 0 amide bonds. The number of aromatic nitrogens is 4. The second-order valence-electron chi connectivity index (χ2n) is 5.42. The second-order valence-corrected chi connectivity index (χ2v) is 6.36. The standard InChI is InChI=1S/C16H18N4O3S/c1-10(8-22-3)20-15(21)12-6-4-5-7-13(12)18-16(20)24-9-14-17-11(2)19-23-14/h4-7,10H,8-9H2,1-3H3. The van der Waals surface area contributed by atoms with Crippen molar-refractivity contribution in [3.63, 3.8) is 0 Å². The average Bonchev–Trinajstić information content (AvgIpc) is 2.98. The molecular formula is C16H18N4O3S. The van der Waals surface area contributed by atoms with Gasteiger partial charge in [-0.25, -0.2) is 4.98 Å². The largest absolute Gasteiger partial charge is 0.383 e. The molecule has 3 aromatic rings. The number of aryl methyl sites for hydroxylation is 1. The van der Waals surface area contributed by atoms with Crippen molar-refractivity contribution in [3.05, 3.63) is 46.3 Å². The zero-order valence-corrected chi connectivity index (χ0v) is 14.5. The van der Waals surface area contributed by atoms with E-state index < -0.39 is 0 Å². The van der Waals surface area contributed by atoms with Crippen molar-refractivity contribution in [2.75, 3.05) is 13.7 Å². The number of thioether (sulfide) groups is 1. The van der Waals surface area contributed by atoms with Gasteiger partial charge in [0, 0.05) is 7.11 Å². The Kier molecular flexibility index (Phi) is 4.96. The summed E-state index contributed by atoms with van der Waals surface area (Å²) >= 11 is 1.40. The summed E-state index contributed by atoms with van der Waals surface area (Å²) in [6.45, 7) is 4.12. The van der Waals surface area contributed by atoms with Crippen LogP contribution in [0.1, 0.15) is 24.7 Å². The molecule has 0 fully saturated rings.